The summed E-state index contributed by atoms with van der Waals surface area (Å²) in [6, 6.07) is 17.8. The van der Waals surface area contributed by atoms with Gasteiger partial charge < -0.3 is 20.1 Å². The van der Waals surface area contributed by atoms with Crippen molar-refractivity contribution in [3.8, 4) is 11.5 Å². The van der Waals surface area contributed by atoms with Crippen molar-refractivity contribution in [2.75, 3.05) is 25.6 Å². The lowest BCUT2D eigenvalue weighted by Gasteiger charge is -2.15. The molecule has 0 atom stereocenters. The van der Waals surface area contributed by atoms with Gasteiger partial charge in [-0.3, -0.25) is 4.79 Å². The number of nitrogens with two attached hydrogens (primary N) is 1. The fraction of sp³-hybridized carbons (Fsp3) is 0.240. The van der Waals surface area contributed by atoms with Gasteiger partial charge in [-0.05, 0) is 83.3 Å². The summed E-state index contributed by atoms with van der Waals surface area (Å²) in [4.78, 5) is 12.4. The van der Waals surface area contributed by atoms with Crippen molar-refractivity contribution in [2.24, 2.45) is 5.14 Å². The fourth-order valence-corrected chi connectivity index (χ4v) is 4.42. The minimum absolute atomic E-state index is 0.0982. The first kappa shape index (κ1) is 26.7. The van der Waals surface area contributed by atoms with E-state index in [-0.39, 0.29) is 17.4 Å². The Labute approximate surface area is 214 Å². The number of benzene rings is 3. The van der Waals surface area contributed by atoms with Gasteiger partial charge in [0.05, 0.1) is 16.5 Å². The van der Waals surface area contributed by atoms with Crippen LogP contribution in [0.3, 0.4) is 0 Å². The van der Waals surface area contributed by atoms with Crippen LogP contribution in [0.15, 0.2) is 70.0 Å². The Hall–Kier alpha value is -2.92. The third-order valence-electron chi connectivity index (χ3n) is 5.14. The molecule has 186 valence electrons. The number of carbonyl (C=O) groups is 1. The van der Waals surface area contributed by atoms with E-state index < -0.39 is 10.0 Å². The van der Waals surface area contributed by atoms with Crippen LogP contribution in [0.25, 0.3) is 0 Å². The first-order valence-electron chi connectivity index (χ1n) is 10.8. The SMILES string of the molecule is COc1cc(CNCCc2ccc(S(N)(=O)=O)cc2)cc(Br)c1OCC(=O)Nc1ccc(C)cc1. The number of hydrogen-bond acceptors (Lipinski definition) is 6. The quantitative estimate of drug-likeness (QED) is 0.306. The van der Waals surface area contributed by atoms with Gasteiger partial charge in [-0.1, -0.05) is 29.8 Å². The molecule has 0 aliphatic carbocycles. The van der Waals surface area contributed by atoms with Crippen LogP contribution in [0.5, 0.6) is 11.5 Å². The molecule has 0 heterocycles. The van der Waals surface area contributed by atoms with Crippen molar-refractivity contribution in [3.05, 3.63) is 81.8 Å². The number of ether oxygens (including phenoxy) is 2. The summed E-state index contributed by atoms with van der Waals surface area (Å²) in [5.41, 5.74) is 3.78. The van der Waals surface area contributed by atoms with Gasteiger partial charge in [0, 0.05) is 12.2 Å². The van der Waals surface area contributed by atoms with Crippen molar-refractivity contribution in [1.29, 1.82) is 0 Å². The monoisotopic (exact) mass is 561 g/mol. The van der Waals surface area contributed by atoms with Gasteiger partial charge in [0.1, 0.15) is 0 Å². The molecule has 0 aliphatic rings. The van der Waals surface area contributed by atoms with E-state index >= 15 is 0 Å². The Morgan fingerprint density at radius 3 is 2.34 bits per heavy atom. The van der Waals surface area contributed by atoms with E-state index in [4.69, 9.17) is 14.6 Å². The Morgan fingerprint density at radius 1 is 1.03 bits per heavy atom. The number of nitrogens with one attached hydrogen (secondary N) is 2. The third-order valence-corrected chi connectivity index (χ3v) is 6.66. The molecule has 35 heavy (non-hydrogen) atoms. The van der Waals surface area contributed by atoms with E-state index in [2.05, 4.69) is 26.6 Å². The average molecular weight is 562 g/mol. The molecule has 10 heteroatoms. The number of hydrogen-bond donors (Lipinski definition) is 3. The lowest BCUT2D eigenvalue weighted by Crippen LogP contribution is -2.20. The minimum Gasteiger partial charge on any atom is -0.493 e. The van der Waals surface area contributed by atoms with Crippen LogP contribution in [0.2, 0.25) is 0 Å². The Kier molecular flexibility index (Phi) is 9.27. The van der Waals surface area contributed by atoms with Crippen molar-refractivity contribution in [1.82, 2.24) is 5.32 Å². The van der Waals surface area contributed by atoms with E-state index in [0.29, 0.717) is 34.7 Å². The second-order valence-electron chi connectivity index (χ2n) is 7.93. The van der Waals surface area contributed by atoms with Gasteiger partial charge in [-0.15, -0.1) is 0 Å². The molecule has 8 nitrogen and oxygen atoms in total. The second-order valence-corrected chi connectivity index (χ2v) is 10.3. The number of rotatable bonds is 11. The van der Waals surface area contributed by atoms with Crippen LogP contribution in [-0.4, -0.2) is 34.6 Å². The molecular weight excluding hydrogens is 534 g/mol. The van der Waals surface area contributed by atoms with Gasteiger partial charge in [0.15, 0.2) is 18.1 Å². The van der Waals surface area contributed by atoms with E-state index in [1.54, 1.807) is 19.2 Å². The highest BCUT2D eigenvalue weighted by Gasteiger charge is 2.14. The maximum Gasteiger partial charge on any atom is 0.262 e. The highest BCUT2D eigenvalue weighted by Crippen LogP contribution is 2.36. The molecule has 0 saturated carbocycles. The zero-order valence-electron chi connectivity index (χ0n) is 19.5. The Bertz CT molecular complexity index is 1260. The molecule has 0 aromatic heterocycles. The number of anilines is 1. The van der Waals surface area contributed by atoms with E-state index in [1.165, 1.54) is 12.1 Å². The smallest absolute Gasteiger partial charge is 0.262 e. The third kappa shape index (κ3) is 8.07. The molecule has 4 N–H and O–H groups in total. The number of aryl methyl sites for hydroxylation is 1. The first-order valence-corrected chi connectivity index (χ1v) is 13.2. The summed E-state index contributed by atoms with van der Waals surface area (Å²) in [6.07, 6.45) is 0.723. The molecule has 0 spiro atoms. The van der Waals surface area contributed by atoms with Gasteiger partial charge in [-0.2, -0.15) is 0 Å². The summed E-state index contributed by atoms with van der Waals surface area (Å²) in [5, 5.41) is 11.3. The number of sulfonamides is 1. The van der Waals surface area contributed by atoms with Crippen LogP contribution in [0.4, 0.5) is 5.69 Å². The minimum atomic E-state index is -3.68. The molecule has 3 rings (SSSR count). The fourth-order valence-electron chi connectivity index (χ4n) is 3.30. The van der Waals surface area contributed by atoms with Crippen LogP contribution < -0.4 is 25.2 Å². The average Bonchev–Trinajstić information content (AvgIpc) is 2.82. The summed E-state index contributed by atoms with van der Waals surface area (Å²) >= 11 is 3.51. The summed E-state index contributed by atoms with van der Waals surface area (Å²) in [5.74, 6) is 0.689. The molecule has 1 amide bonds. The molecule has 0 unspecified atom stereocenters. The lowest BCUT2D eigenvalue weighted by molar-refractivity contribution is -0.118. The predicted molar refractivity (Wildman–Crippen MR) is 139 cm³/mol. The van der Waals surface area contributed by atoms with Crippen molar-refractivity contribution < 1.29 is 22.7 Å². The number of methoxy groups -OCH3 is 1. The second kappa shape index (κ2) is 12.2. The summed E-state index contributed by atoms with van der Waals surface area (Å²) in [6.45, 7) is 3.09. The molecular formula is C25H28BrN3O5S. The zero-order chi connectivity index (χ0) is 25.4. The number of primary sulfonamides is 1. The Balaban J connectivity index is 1.52. The maximum absolute atomic E-state index is 12.3. The highest BCUT2D eigenvalue weighted by molar-refractivity contribution is 9.10. The molecule has 0 radical (unpaired) electrons. The van der Waals surface area contributed by atoms with Crippen molar-refractivity contribution >= 4 is 37.5 Å². The topological polar surface area (TPSA) is 120 Å². The van der Waals surface area contributed by atoms with Gasteiger partial charge in [0.25, 0.3) is 5.91 Å². The summed E-state index contributed by atoms with van der Waals surface area (Å²) in [7, 11) is -2.14. The Morgan fingerprint density at radius 2 is 1.71 bits per heavy atom. The number of halogens is 1. The molecule has 0 aliphatic heterocycles. The lowest BCUT2D eigenvalue weighted by atomic mass is 10.1. The molecule has 0 bridgehead atoms. The van der Waals surface area contributed by atoms with Gasteiger partial charge in [-0.25, -0.2) is 13.6 Å². The van der Waals surface area contributed by atoms with E-state index in [1.807, 2.05) is 43.3 Å². The number of carbonyl (C=O) groups excluding carboxylic acids is 1. The molecule has 0 saturated heterocycles. The number of amides is 1. The zero-order valence-corrected chi connectivity index (χ0v) is 21.9. The molecule has 3 aromatic rings. The van der Waals surface area contributed by atoms with Crippen molar-refractivity contribution in [3.63, 3.8) is 0 Å². The van der Waals surface area contributed by atoms with Crippen LogP contribution in [0.1, 0.15) is 16.7 Å². The van der Waals surface area contributed by atoms with Crippen LogP contribution in [0, 0.1) is 6.92 Å². The predicted octanol–water partition coefficient (Wildman–Crippen LogP) is 3.76. The normalized spacial score (nSPS) is 11.2. The maximum atomic E-state index is 12.3. The first-order chi connectivity index (χ1) is 16.7. The standard InChI is InChI=1S/C25H28BrN3O5S/c1-17-3-7-20(8-4-17)29-24(30)16-34-25-22(26)13-19(14-23(25)33-2)15-28-12-11-18-5-9-21(10-6-18)35(27,31)32/h3-10,13-14,28H,11-12,15-16H2,1-2H3,(H,29,30)(H2,27,31,32). The summed E-state index contributed by atoms with van der Waals surface area (Å²) < 4.78 is 34.6. The van der Waals surface area contributed by atoms with Crippen molar-refractivity contribution in [2.45, 2.75) is 24.8 Å². The largest absolute Gasteiger partial charge is 0.493 e. The molecule has 0 fully saturated rings. The van der Waals surface area contributed by atoms with Gasteiger partial charge >= 0.3 is 0 Å². The van der Waals surface area contributed by atoms with Crippen LogP contribution >= 0.6 is 15.9 Å². The van der Waals surface area contributed by atoms with Crippen LogP contribution in [-0.2, 0) is 27.8 Å². The highest BCUT2D eigenvalue weighted by atomic mass is 79.9. The van der Waals surface area contributed by atoms with E-state index in [0.717, 1.165) is 23.1 Å². The molecule has 3 aromatic carbocycles. The van der Waals surface area contributed by atoms with Gasteiger partial charge in [0.2, 0.25) is 10.0 Å². The van der Waals surface area contributed by atoms with E-state index in [9.17, 15) is 13.2 Å².